The predicted molar refractivity (Wildman–Crippen MR) is 63.3 cm³/mol. The standard InChI is InChI=1S/C6H3ClN2.C6H10O2/c7-6-2-1-5(3-8)4-9-6;1-2-8-6(7)5-3-4-5/h1-2,4H;5H,2-4H2,1H3. The average molecular weight is 253 g/mol. The molecule has 0 amide bonds. The van der Waals surface area contributed by atoms with Crippen LogP contribution in [0.3, 0.4) is 0 Å². The van der Waals surface area contributed by atoms with Crippen LogP contribution < -0.4 is 0 Å². The Morgan fingerprint density at radius 3 is 2.76 bits per heavy atom. The lowest BCUT2D eigenvalue weighted by atomic mass is 10.3. The van der Waals surface area contributed by atoms with Crippen molar-refractivity contribution >= 4 is 17.6 Å². The molecule has 0 N–H and O–H groups in total. The molecule has 0 radical (unpaired) electrons. The molecule has 1 fully saturated rings. The van der Waals surface area contributed by atoms with Gasteiger partial charge in [0.05, 0.1) is 18.1 Å². The van der Waals surface area contributed by atoms with Gasteiger partial charge in [-0.25, -0.2) is 4.98 Å². The first kappa shape index (κ1) is 13.5. The number of aromatic nitrogens is 1. The van der Waals surface area contributed by atoms with Crippen LogP contribution in [0.2, 0.25) is 5.15 Å². The fourth-order valence-electron chi connectivity index (χ4n) is 1.02. The summed E-state index contributed by atoms with van der Waals surface area (Å²) < 4.78 is 4.73. The number of carbonyl (C=O) groups excluding carboxylic acids is 1. The number of nitriles is 1. The van der Waals surface area contributed by atoms with Crippen LogP contribution in [-0.2, 0) is 9.53 Å². The zero-order valence-corrected chi connectivity index (χ0v) is 10.3. The molecule has 1 aliphatic rings. The maximum atomic E-state index is 10.6. The van der Waals surface area contributed by atoms with Crippen molar-refractivity contribution in [2.45, 2.75) is 19.8 Å². The van der Waals surface area contributed by atoms with Gasteiger partial charge < -0.3 is 4.74 Å². The van der Waals surface area contributed by atoms with E-state index in [9.17, 15) is 4.79 Å². The second-order valence-corrected chi connectivity index (χ2v) is 3.89. The molecule has 1 aromatic rings. The minimum Gasteiger partial charge on any atom is -0.466 e. The van der Waals surface area contributed by atoms with E-state index >= 15 is 0 Å². The first-order valence-electron chi connectivity index (χ1n) is 5.35. The van der Waals surface area contributed by atoms with Gasteiger partial charge in [0.25, 0.3) is 0 Å². The van der Waals surface area contributed by atoms with E-state index in [1.807, 2.05) is 13.0 Å². The molecule has 0 aromatic carbocycles. The van der Waals surface area contributed by atoms with Gasteiger partial charge in [0.2, 0.25) is 0 Å². The zero-order valence-electron chi connectivity index (χ0n) is 9.52. The lowest BCUT2D eigenvalue weighted by molar-refractivity contribution is -0.144. The van der Waals surface area contributed by atoms with Gasteiger partial charge in [-0.3, -0.25) is 4.79 Å². The number of hydrogen-bond acceptors (Lipinski definition) is 4. The Kier molecular flexibility index (Phi) is 5.44. The molecule has 1 heterocycles. The molecule has 0 aliphatic heterocycles. The summed E-state index contributed by atoms with van der Waals surface area (Å²) in [5, 5.41) is 8.71. The zero-order chi connectivity index (χ0) is 12.7. The third-order valence-corrected chi connectivity index (χ3v) is 2.28. The lowest BCUT2D eigenvalue weighted by Crippen LogP contribution is -2.04. The fourth-order valence-corrected chi connectivity index (χ4v) is 1.13. The quantitative estimate of drug-likeness (QED) is 0.599. The molecule has 2 rings (SSSR count). The highest BCUT2D eigenvalue weighted by molar-refractivity contribution is 6.29. The summed E-state index contributed by atoms with van der Waals surface area (Å²) in [7, 11) is 0. The summed E-state index contributed by atoms with van der Waals surface area (Å²) in [5.41, 5.74) is 0.527. The highest BCUT2D eigenvalue weighted by Gasteiger charge is 2.30. The predicted octanol–water partition coefficient (Wildman–Crippen LogP) is 2.57. The summed E-state index contributed by atoms with van der Waals surface area (Å²) in [4.78, 5) is 14.3. The van der Waals surface area contributed by atoms with Crippen molar-refractivity contribution in [2.24, 2.45) is 5.92 Å². The van der Waals surface area contributed by atoms with Crippen molar-refractivity contribution in [2.75, 3.05) is 6.61 Å². The molecular weight excluding hydrogens is 240 g/mol. The molecule has 90 valence electrons. The molecular formula is C12H13ClN2O2. The lowest BCUT2D eigenvalue weighted by Gasteiger charge is -1.95. The Hall–Kier alpha value is -1.60. The molecule has 5 heteroatoms. The first-order valence-corrected chi connectivity index (χ1v) is 5.73. The van der Waals surface area contributed by atoms with Crippen LogP contribution in [0.1, 0.15) is 25.3 Å². The Balaban J connectivity index is 0.000000171. The molecule has 1 aliphatic carbocycles. The van der Waals surface area contributed by atoms with E-state index in [2.05, 4.69) is 4.98 Å². The van der Waals surface area contributed by atoms with Crippen LogP contribution in [0.25, 0.3) is 0 Å². The second-order valence-electron chi connectivity index (χ2n) is 3.51. The van der Waals surface area contributed by atoms with E-state index < -0.39 is 0 Å². The average Bonchev–Trinajstić information content (AvgIpc) is 3.15. The van der Waals surface area contributed by atoms with E-state index in [1.54, 1.807) is 12.1 Å². The fraction of sp³-hybridized carbons (Fsp3) is 0.417. The summed E-state index contributed by atoms with van der Waals surface area (Å²) in [5.74, 6) is 0.252. The first-order chi connectivity index (χ1) is 8.17. The van der Waals surface area contributed by atoms with E-state index in [-0.39, 0.29) is 11.9 Å². The number of esters is 1. The summed E-state index contributed by atoms with van der Waals surface area (Å²) in [6.07, 6.45) is 3.51. The number of halogens is 1. The summed E-state index contributed by atoms with van der Waals surface area (Å²) in [6, 6.07) is 5.14. The molecule has 0 bridgehead atoms. The van der Waals surface area contributed by atoms with Crippen molar-refractivity contribution in [1.82, 2.24) is 4.98 Å². The van der Waals surface area contributed by atoms with E-state index in [1.165, 1.54) is 6.20 Å². The van der Waals surface area contributed by atoms with Crippen LogP contribution in [0.15, 0.2) is 18.3 Å². The molecule has 0 unspecified atom stereocenters. The number of ether oxygens (including phenoxy) is 1. The third-order valence-electron chi connectivity index (χ3n) is 2.05. The SMILES string of the molecule is CCOC(=O)C1CC1.N#Cc1ccc(Cl)nc1. The third kappa shape index (κ3) is 5.32. The van der Waals surface area contributed by atoms with Crippen molar-refractivity contribution in [3.8, 4) is 6.07 Å². The highest BCUT2D eigenvalue weighted by Crippen LogP contribution is 2.29. The van der Waals surface area contributed by atoms with Crippen molar-refractivity contribution in [3.05, 3.63) is 29.0 Å². The minimum atomic E-state index is -0.00694. The monoisotopic (exact) mass is 252 g/mol. The molecule has 0 spiro atoms. The van der Waals surface area contributed by atoms with E-state index in [0.29, 0.717) is 17.3 Å². The Morgan fingerprint density at radius 2 is 2.35 bits per heavy atom. The van der Waals surface area contributed by atoms with Gasteiger partial charge >= 0.3 is 5.97 Å². The smallest absolute Gasteiger partial charge is 0.308 e. The Morgan fingerprint density at radius 1 is 1.65 bits per heavy atom. The van der Waals surface area contributed by atoms with Gasteiger partial charge in [-0.1, -0.05) is 11.6 Å². The minimum absolute atomic E-state index is 0.00694. The van der Waals surface area contributed by atoms with Gasteiger partial charge in [0.1, 0.15) is 11.2 Å². The Bertz CT molecular complexity index is 408. The second kappa shape index (κ2) is 6.87. The maximum absolute atomic E-state index is 10.6. The van der Waals surface area contributed by atoms with Crippen molar-refractivity contribution < 1.29 is 9.53 Å². The summed E-state index contributed by atoms with van der Waals surface area (Å²) in [6.45, 7) is 2.36. The summed E-state index contributed by atoms with van der Waals surface area (Å²) >= 11 is 5.45. The van der Waals surface area contributed by atoms with E-state index in [4.69, 9.17) is 21.6 Å². The molecule has 1 aromatic heterocycles. The number of hydrogen-bond donors (Lipinski definition) is 0. The molecule has 4 nitrogen and oxygen atoms in total. The highest BCUT2D eigenvalue weighted by atomic mass is 35.5. The number of pyridine rings is 1. The van der Waals surface area contributed by atoms with Crippen LogP contribution in [0.5, 0.6) is 0 Å². The number of nitrogens with zero attached hydrogens (tertiary/aromatic N) is 2. The van der Waals surface area contributed by atoms with Crippen molar-refractivity contribution in [3.63, 3.8) is 0 Å². The molecule has 0 atom stereocenters. The topological polar surface area (TPSA) is 63.0 Å². The Labute approximate surface area is 105 Å². The maximum Gasteiger partial charge on any atom is 0.308 e. The number of rotatable bonds is 2. The van der Waals surface area contributed by atoms with Crippen LogP contribution in [0.4, 0.5) is 0 Å². The largest absolute Gasteiger partial charge is 0.466 e. The van der Waals surface area contributed by atoms with Gasteiger partial charge in [-0.05, 0) is 31.9 Å². The molecule has 0 saturated heterocycles. The molecule has 1 saturated carbocycles. The van der Waals surface area contributed by atoms with Crippen molar-refractivity contribution in [1.29, 1.82) is 5.26 Å². The van der Waals surface area contributed by atoms with Crippen LogP contribution >= 0.6 is 11.6 Å². The normalized spacial score (nSPS) is 13.0. The molecule has 17 heavy (non-hydrogen) atoms. The van der Waals surface area contributed by atoms with Gasteiger partial charge in [0.15, 0.2) is 0 Å². The van der Waals surface area contributed by atoms with Crippen LogP contribution in [0, 0.1) is 17.2 Å². The van der Waals surface area contributed by atoms with Gasteiger partial charge in [0, 0.05) is 6.20 Å². The van der Waals surface area contributed by atoms with E-state index in [0.717, 1.165) is 12.8 Å². The van der Waals surface area contributed by atoms with Gasteiger partial charge in [-0.15, -0.1) is 0 Å². The van der Waals surface area contributed by atoms with Crippen LogP contribution in [-0.4, -0.2) is 17.6 Å². The van der Waals surface area contributed by atoms with Gasteiger partial charge in [-0.2, -0.15) is 5.26 Å². The number of carbonyl (C=O) groups is 1.